The number of aromatic amines is 1. The molecule has 3 heterocycles. The molecule has 1 aliphatic rings. The molecule has 0 radical (unpaired) electrons. The van der Waals surface area contributed by atoms with Crippen LogP contribution in [-0.2, 0) is 13.0 Å². The lowest BCUT2D eigenvalue weighted by atomic mass is 10.0. The summed E-state index contributed by atoms with van der Waals surface area (Å²) in [6.07, 6.45) is -0.820. The number of halogens is 4. The Bertz CT molecular complexity index is 1120. The molecule has 1 aliphatic heterocycles. The van der Waals surface area contributed by atoms with Crippen molar-refractivity contribution in [2.24, 2.45) is 0 Å². The maximum atomic E-state index is 13.4. The van der Waals surface area contributed by atoms with E-state index in [2.05, 4.69) is 20.5 Å². The molecule has 0 saturated heterocycles. The van der Waals surface area contributed by atoms with Gasteiger partial charge in [0.15, 0.2) is 0 Å². The molecule has 0 spiro atoms. The van der Waals surface area contributed by atoms with E-state index in [4.69, 9.17) is 11.6 Å². The standard InChI is InChI=1S/C18H16ClF3N6O/c1-9(11-3-2-10(20)6-12(11)17(21)22)28-14-4-5-27(8-13(14)24-26-28)15-7-23-25-18(29)16(15)19/h2-3,6-7,9,17H,4-5,8H2,1H3,(H,25,29)/t9-/m0/s1. The van der Waals surface area contributed by atoms with Crippen molar-refractivity contribution in [1.29, 1.82) is 0 Å². The Balaban J connectivity index is 1.65. The highest BCUT2D eigenvalue weighted by molar-refractivity contribution is 6.32. The normalized spacial score (nSPS) is 14.9. The Morgan fingerprint density at radius 2 is 2.07 bits per heavy atom. The molecule has 0 fully saturated rings. The van der Waals surface area contributed by atoms with Gasteiger partial charge in [0.2, 0.25) is 0 Å². The van der Waals surface area contributed by atoms with Crippen LogP contribution in [0.2, 0.25) is 5.02 Å². The number of benzene rings is 1. The molecule has 1 aromatic carbocycles. The SMILES string of the molecule is C[C@@H](c1ccc(F)cc1C(F)F)n1nnc2c1CCN(c1cn[nH]c(=O)c1Cl)C2. The van der Waals surface area contributed by atoms with E-state index in [0.29, 0.717) is 36.5 Å². The molecule has 0 aliphatic carbocycles. The summed E-state index contributed by atoms with van der Waals surface area (Å²) in [4.78, 5) is 13.6. The van der Waals surface area contributed by atoms with Gasteiger partial charge in [-0.05, 0) is 24.6 Å². The third-order valence-corrected chi connectivity index (χ3v) is 5.41. The lowest BCUT2D eigenvalue weighted by molar-refractivity contribution is 0.149. The van der Waals surface area contributed by atoms with Crippen molar-refractivity contribution in [1.82, 2.24) is 25.2 Å². The van der Waals surface area contributed by atoms with Crippen LogP contribution in [0.5, 0.6) is 0 Å². The topological polar surface area (TPSA) is 79.7 Å². The van der Waals surface area contributed by atoms with Crippen molar-refractivity contribution in [2.75, 3.05) is 11.4 Å². The van der Waals surface area contributed by atoms with Gasteiger partial charge in [0, 0.05) is 18.5 Å². The lowest BCUT2D eigenvalue weighted by Gasteiger charge is -2.29. The van der Waals surface area contributed by atoms with Crippen LogP contribution in [0, 0.1) is 5.82 Å². The molecule has 2 aromatic heterocycles. The monoisotopic (exact) mass is 424 g/mol. The number of H-pyrrole nitrogens is 1. The Morgan fingerprint density at radius 1 is 1.28 bits per heavy atom. The van der Waals surface area contributed by atoms with Crippen LogP contribution in [0.25, 0.3) is 0 Å². The number of alkyl halides is 2. The summed E-state index contributed by atoms with van der Waals surface area (Å²) in [7, 11) is 0. The molecule has 0 bridgehead atoms. The largest absolute Gasteiger partial charge is 0.362 e. The van der Waals surface area contributed by atoms with Gasteiger partial charge in [-0.1, -0.05) is 22.9 Å². The number of anilines is 1. The molecule has 11 heteroatoms. The zero-order valence-corrected chi connectivity index (χ0v) is 16.0. The van der Waals surface area contributed by atoms with Crippen LogP contribution in [0.4, 0.5) is 18.9 Å². The van der Waals surface area contributed by atoms with Gasteiger partial charge >= 0.3 is 0 Å². The van der Waals surface area contributed by atoms with Crippen molar-refractivity contribution in [3.63, 3.8) is 0 Å². The van der Waals surface area contributed by atoms with Crippen LogP contribution in [0.15, 0.2) is 29.2 Å². The first-order valence-electron chi connectivity index (χ1n) is 8.85. The summed E-state index contributed by atoms with van der Waals surface area (Å²) in [5.41, 5.74) is 1.39. The van der Waals surface area contributed by atoms with Gasteiger partial charge < -0.3 is 4.90 Å². The summed E-state index contributed by atoms with van der Waals surface area (Å²) in [5, 5.41) is 14.4. The van der Waals surface area contributed by atoms with Crippen molar-refractivity contribution in [3.05, 3.63) is 68.1 Å². The van der Waals surface area contributed by atoms with Crippen molar-refractivity contribution < 1.29 is 13.2 Å². The van der Waals surface area contributed by atoms with Gasteiger partial charge in [-0.3, -0.25) is 4.79 Å². The highest BCUT2D eigenvalue weighted by atomic mass is 35.5. The number of aromatic nitrogens is 5. The fourth-order valence-electron chi connectivity index (χ4n) is 3.59. The number of nitrogens with zero attached hydrogens (tertiary/aromatic N) is 5. The summed E-state index contributed by atoms with van der Waals surface area (Å²) < 4.78 is 41.8. The predicted octanol–water partition coefficient (Wildman–Crippen LogP) is 3.26. The number of hydrogen-bond acceptors (Lipinski definition) is 5. The quantitative estimate of drug-likeness (QED) is 0.695. The van der Waals surface area contributed by atoms with E-state index in [1.807, 2.05) is 4.90 Å². The molecule has 3 aromatic rings. The Kier molecular flexibility index (Phi) is 5.03. The summed E-state index contributed by atoms with van der Waals surface area (Å²) in [5.74, 6) is -0.712. The molecule has 152 valence electrons. The van der Waals surface area contributed by atoms with Crippen LogP contribution in [-0.4, -0.2) is 31.7 Å². The highest BCUT2D eigenvalue weighted by Crippen LogP contribution is 2.32. The second-order valence-electron chi connectivity index (χ2n) is 6.75. The van der Waals surface area contributed by atoms with Crippen LogP contribution in [0.1, 0.15) is 41.9 Å². The Labute approximate surface area is 168 Å². The second-order valence-corrected chi connectivity index (χ2v) is 7.13. The average Bonchev–Trinajstić information content (AvgIpc) is 3.12. The number of hydrogen-bond donors (Lipinski definition) is 1. The first-order valence-corrected chi connectivity index (χ1v) is 9.23. The van der Waals surface area contributed by atoms with Gasteiger partial charge in [0.25, 0.3) is 12.0 Å². The first-order chi connectivity index (χ1) is 13.9. The average molecular weight is 425 g/mol. The molecular formula is C18H16ClF3N6O. The number of fused-ring (bicyclic) bond motifs is 1. The minimum Gasteiger partial charge on any atom is -0.362 e. The molecule has 0 amide bonds. The zero-order chi connectivity index (χ0) is 20.7. The highest BCUT2D eigenvalue weighted by Gasteiger charge is 2.28. The van der Waals surface area contributed by atoms with Gasteiger partial charge in [-0.25, -0.2) is 23.0 Å². The van der Waals surface area contributed by atoms with Crippen LogP contribution < -0.4 is 10.5 Å². The van der Waals surface area contributed by atoms with E-state index in [-0.39, 0.29) is 10.6 Å². The predicted molar refractivity (Wildman–Crippen MR) is 99.8 cm³/mol. The fourth-order valence-corrected chi connectivity index (χ4v) is 3.80. The van der Waals surface area contributed by atoms with E-state index < -0.39 is 23.8 Å². The summed E-state index contributed by atoms with van der Waals surface area (Å²) >= 11 is 6.08. The maximum absolute atomic E-state index is 13.4. The van der Waals surface area contributed by atoms with E-state index >= 15 is 0 Å². The van der Waals surface area contributed by atoms with Crippen LogP contribution >= 0.6 is 11.6 Å². The molecule has 0 saturated carbocycles. The van der Waals surface area contributed by atoms with Gasteiger partial charge in [-0.15, -0.1) is 5.10 Å². The van der Waals surface area contributed by atoms with Crippen molar-refractivity contribution >= 4 is 17.3 Å². The second kappa shape index (κ2) is 7.51. The molecule has 4 rings (SSSR count). The molecule has 1 atom stereocenters. The fraction of sp³-hybridized carbons (Fsp3) is 0.333. The third kappa shape index (κ3) is 3.48. The molecule has 29 heavy (non-hydrogen) atoms. The zero-order valence-electron chi connectivity index (χ0n) is 15.2. The number of nitrogens with one attached hydrogen (secondary N) is 1. The molecule has 1 N–H and O–H groups in total. The molecule has 7 nitrogen and oxygen atoms in total. The van der Waals surface area contributed by atoms with Gasteiger partial charge in [-0.2, -0.15) is 5.10 Å². The van der Waals surface area contributed by atoms with Gasteiger partial charge in [0.05, 0.1) is 30.2 Å². The van der Waals surface area contributed by atoms with Crippen LogP contribution in [0.3, 0.4) is 0 Å². The maximum Gasteiger partial charge on any atom is 0.285 e. The van der Waals surface area contributed by atoms with E-state index in [0.717, 1.165) is 17.8 Å². The Morgan fingerprint density at radius 3 is 2.83 bits per heavy atom. The Hall–Kier alpha value is -2.88. The third-order valence-electron chi connectivity index (χ3n) is 5.05. The minimum absolute atomic E-state index is 0.0390. The van der Waals surface area contributed by atoms with E-state index in [1.165, 1.54) is 12.3 Å². The van der Waals surface area contributed by atoms with Crippen molar-refractivity contribution in [3.8, 4) is 0 Å². The van der Waals surface area contributed by atoms with E-state index in [1.54, 1.807) is 11.6 Å². The van der Waals surface area contributed by atoms with Crippen molar-refractivity contribution in [2.45, 2.75) is 32.4 Å². The summed E-state index contributed by atoms with van der Waals surface area (Å²) in [6, 6.07) is 2.81. The van der Waals surface area contributed by atoms with Gasteiger partial charge in [0.1, 0.15) is 16.5 Å². The molecule has 0 unspecified atom stereocenters. The number of rotatable bonds is 4. The molecular weight excluding hydrogens is 409 g/mol. The lowest BCUT2D eigenvalue weighted by Crippen LogP contribution is -2.33. The first kappa shape index (κ1) is 19.4. The summed E-state index contributed by atoms with van der Waals surface area (Å²) in [6.45, 7) is 2.58. The minimum atomic E-state index is -2.80. The smallest absolute Gasteiger partial charge is 0.285 e. The van der Waals surface area contributed by atoms with E-state index in [9.17, 15) is 18.0 Å².